The number of ether oxygens (including phenoxy) is 1. The number of hydrogen-bond acceptors (Lipinski definition) is 2. The van der Waals surface area contributed by atoms with Crippen LogP contribution in [0.4, 0.5) is 0 Å². The van der Waals surface area contributed by atoms with Crippen molar-refractivity contribution in [2.45, 2.75) is 45.4 Å². The summed E-state index contributed by atoms with van der Waals surface area (Å²) in [6.07, 6.45) is 1.50. The van der Waals surface area contributed by atoms with E-state index in [2.05, 4.69) is 37.8 Å². The molecule has 0 aliphatic carbocycles. The highest BCUT2D eigenvalue weighted by atomic mass is 35.5. The zero-order valence-electron chi connectivity index (χ0n) is 11.4. The molecule has 100 valence electrons. The molecule has 3 heteroatoms. The van der Waals surface area contributed by atoms with E-state index in [9.17, 15) is 0 Å². The molecule has 1 fully saturated rings. The summed E-state index contributed by atoms with van der Waals surface area (Å²) in [7, 11) is 0. The van der Waals surface area contributed by atoms with Gasteiger partial charge in [0, 0.05) is 24.7 Å². The summed E-state index contributed by atoms with van der Waals surface area (Å²) in [5.74, 6) is 0. The van der Waals surface area contributed by atoms with Crippen molar-refractivity contribution >= 4 is 11.6 Å². The SMILES string of the molecule is CC(C)(C)OC1CCN(Cc2ccc(Cl)cc2)C1. The topological polar surface area (TPSA) is 12.5 Å². The molecule has 0 bridgehead atoms. The summed E-state index contributed by atoms with van der Waals surface area (Å²) in [5.41, 5.74) is 1.27. The fourth-order valence-electron chi connectivity index (χ4n) is 2.38. The lowest BCUT2D eigenvalue weighted by atomic mass is 10.2. The van der Waals surface area contributed by atoms with Gasteiger partial charge in [0.05, 0.1) is 11.7 Å². The van der Waals surface area contributed by atoms with Gasteiger partial charge in [0.25, 0.3) is 0 Å². The first-order valence-corrected chi connectivity index (χ1v) is 6.95. The van der Waals surface area contributed by atoms with Crippen LogP contribution in [-0.4, -0.2) is 29.7 Å². The highest BCUT2D eigenvalue weighted by Gasteiger charge is 2.26. The lowest BCUT2D eigenvalue weighted by molar-refractivity contribution is -0.0541. The largest absolute Gasteiger partial charge is 0.371 e. The van der Waals surface area contributed by atoms with Crippen LogP contribution in [0.3, 0.4) is 0 Å². The lowest BCUT2D eigenvalue weighted by Gasteiger charge is -2.25. The standard InChI is InChI=1S/C15H22ClNO/c1-15(2,3)18-14-8-9-17(11-14)10-12-4-6-13(16)7-5-12/h4-7,14H,8-11H2,1-3H3. The molecule has 1 aromatic carbocycles. The van der Waals surface area contributed by atoms with E-state index in [-0.39, 0.29) is 5.60 Å². The number of halogens is 1. The van der Waals surface area contributed by atoms with Crippen LogP contribution in [-0.2, 0) is 11.3 Å². The van der Waals surface area contributed by atoms with Crippen molar-refractivity contribution in [3.8, 4) is 0 Å². The van der Waals surface area contributed by atoms with E-state index >= 15 is 0 Å². The van der Waals surface area contributed by atoms with Crippen LogP contribution in [0.1, 0.15) is 32.8 Å². The van der Waals surface area contributed by atoms with Gasteiger partial charge in [0.1, 0.15) is 0 Å². The number of hydrogen-bond donors (Lipinski definition) is 0. The first-order valence-electron chi connectivity index (χ1n) is 6.57. The van der Waals surface area contributed by atoms with Gasteiger partial charge in [-0.25, -0.2) is 0 Å². The first kappa shape index (κ1) is 13.9. The molecule has 0 N–H and O–H groups in total. The van der Waals surface area contributed by atoms with Gasteiger partial charge in [-0.05, 0) is 44.9 Å². The Kier molecular flexibility index (Phi) is 4.31. The predicted octanol–water partition coefficient (Wildman–Crippen LogP) is 3.73. The Morgan fingerprint density at radius 3 is 2.56 bits per heavy atom. The Morgan fingerprint density at radius 2 is 1.94 bits per heavy atom. The van der Waals surface area contributed by atoms with Crippen molar-refractivity contribution in [1.82, 2.24) is 4.90 Å². The molecule has 0 radical (unpaired) electrons. The fourth-order valence-corrected chi connectivity index (χ4v) is 2.51. The van der Waals surface area contributed by atoms with Gasteiger partial charge in [0.15, 0.2) is 0 Å². The van der Waals surface area contributed by atoms with Gasteiger partial charge in [0.2, 0.25) is 0 Å². The normalized spacial score (nSPS) is 21.4. The Labute approximate surface area is 115 Å². The van der Waals surface area contributed by atoms with Crippen LogP contribution >= 0.6 is 11.6 Å². The summed E-state index contributed by atoms with van der Waals surface area (Å²) in [4.78, 5) is 2.44. The van der Waals surface area contributed by atoms with Crippen molar-refractivity contribution in [2.24, 2.45) is 0 Å². The highest BCUT2D eigenvalue weighted by molar-refractivity contribution is 6.30. The average molecular weight is 268 g/mol. The third-order valence-electron chi connectivity index (χ3n) is 3.07. The summed E-state index contributed by atoms with van der Waals surface area (Å²) >= 11 is 5.89. The first-order chi connectivity index (χ1) is 8.42. The Bertz CT molecular complexity index is 382. The van der Waals surface area contributed by atoms with E-state index < -0.39 is 0 Å². The van der Waals surface area contributed by atoms with Crippen LogP contribution in [0.15, 0.2) is 24.3 Å². The molecule has 2 rings (SSSR count). The molecule has 1 aliphatic heterocycles. The molecule has 1 aliphatic rings. The Morgan fingerprint density at radius 1 is 1.28 bits per heavy atom. The van der Waals surface area contributed by atoms with Crippen LogP contribution in [0.2, 0.25) is 5.02 Å². The summed E-state index contributed by atoms with van der Waals surface area (Å²) in [6.45, 7) is 9.49. The van der Waals surface area contributed by atoms with Crippen molar-refractivity contribution in [2.75, 3.05) is 13.1 Å². The quantitative estimate of drug-likeness (QED) is 0.827. The summed E-state index contributed by atoms with van der Waals surface area (Å²) < 4.78 is 6.02. The summed E-state index contributed by atoms with van der Waals surface area (Å²) in [6, 6.07) is 8.10. The molecule has 2 nitrogen and oxygen atoms in total. The monoisotopic (exact) mass is 267 g/mol. The maximum absolute atomic E-state index is 6.02. The minimum Gasteiger partial charge on any atom is -0.371 e. The predicted molar refractivity (Wildman–Crippen MR) is 76.0 cm³/mol. The minimum atomic E-state index is -0.0407. The maximum atomic E-state index is 6.02. The van der Waals surface area contributed by atoms with Gasteiger partial charge >= 0.3 is 0 Å². The van der Waals surface area contributed by atoms with Crippen molar-refractivity contribution in [3.05, 3.63) is 34.9 Å². The van der Waals surface area contributed by atoms with E-state index in [0.717, 1.165) is 31.1 Å². The van der Waals surface area contributed by atoms with Crippen LogP contribution < -0.4 is 0 Å². The molecular weight excluding hydrogens is 246 g/mol. The number of likely N-dealkylation sites (tertiary alicyclic amines) is 1. The second kappa shape index (κ2) is 5.60. The molecule has 1 aromatic rings. The van der Waals surface area contributed by atoms with Crippen LogP contribution in [0.25, 0.3) is 0 Å². The molecule has 0 spiro atoms. The van der Waals surface area contributed by atoms with Crippen LogP contribution in [0.5, 0.6) is 0 Å². The Balaban J connectivity index is 1.84. The zero-order valence-corrected chi connectivity index (χ0v) is 12.2. The van der Waals surface area contributed by atoms with Crippen LogP contribution in [0, 0.1) is 0 Å². The number of nitrogens with zero attached hydrogens (tertiary/aromatic N) is 1. The van der Waals surface area contributed by atoms with Gasteiger partial charge in [-0.2, -0.15) is 0 Å². The van der Waals surface area contributed by atoms with E-state index in [1.807, 2.05) is 12.1 Å². The van der Waals surface area contributed by atoms with Gasteiger partial charge in [-0.3, -0.25) is 4.90 Å². The smallest absolute Gasteiger partial charge is 0.0721 e. The third-order valence-corrected chi connectivity index (χ3v) is 3.32. The van der Waals surface area contributed by atoms with E-state index in [4.69, 9.17) is 16.3 Å². The number of rotatable bonds is 3. The molecule has 1 heterocycles. The molecule has 0 saturated carbocycles. The van der Waals surface area contributed by atoms with Crippen molar-refractivity contribution in [3.63, 3.8) is 0 Å². The van der Waals surface area contributed by atoms with Crippen molar-refractivity contribution < 1.29 is 4.74 Å². The van der Waals surface area contributed by atoms with Gasteiger partial charge < -0.3 is 4.74 Å². The third kappa shape index (κ3) is 4.27. The fraction of sp³-hybridized carbons (Fsp3) is 0.600. The zero-order chi connectivity index (χ0) is 13.2. The lowest BCUT2D eigenvalue weighted by Crippen LogP contribution is -2.30. The van der Waals surface area contributed by atoms with Crippen molar-refractivity contribution in [1.29, 1.82) is 0 Å². The van der Waals surface area contributed by atoms with E-state index in [0.29, 0.717) is 6.10 Å². The second-order valence-corrected chi connectivity index (χ2v) is 6.44. The Hall–Kier alpha value is -0.570. The van der Waals surface area contributed by atoms with E-state index in [1.165, 1.54) is 5.56 Å². The molecule has 1 unspecified atom stereocenters. The van der Waals surface area contributed by atoms with Gasteiger partial charge in [-0.1, -0.05) is 23.7 Å². The maximum Gasteiger partial charge on any atom is 0.0721 e. The second-order valence-electron chi connectivity index (χ2n) is 6.00. The molecular formula is C15H22ClNO. The molecule has 18 heavy (non-hydrogen) atoms. The van der Waals surface area contributed by atoms with E-state index in [1.54, 1.807) is 0 Å². The van der Waals surface area contributed by atoms with Gasteiger partial charge in [-0.15, -0.1) is 0 Å². The summed E-state index contributed by atoms with van der Waals surface area (Å²) in [5, 5.41) is 0.800. The molecule has 1 atom stereocenters. The average Bonchev–Trinajstić information content (AvgIpc) is 2.66. The molecule has 0 amide bonds. The molecule has 0 aromatic heterocycles. The minimum absolute atomic E-state index is 0.0407. The molecule has 1 saturated heterocycles. The number of benzene rings is 1. The highest BCUT2D eigenvalue weighted by Crippen LogP contribution is 2.21.